The molecule has 0 bridgehead atoms. The summed E-state index contributed by atoms with van der Waals surface area (Å²) in [7, 11) is 0. The molecule has 2 nitrogen and oxygen atoms in total. The van der Waals surface area contributed by atoms with Gasteiger partial charge < -0.3 is 10.6 Å². The summed E-state index contributed by atoms with van der Waals surface area (Å²) in [5.41, 5.74) is 8.18. The van der Waals surface area contributed by atoms with Crippen molar-refractivity contribution in [3.63, 3.8) is 0 Å². The summed E-state index contributed by atoms with van der Waals surface area (Å²) in [6.45, 7) is 3.87. The Labute approximate surface area is 89.9 Å². The van der Waals surface area contributed by atoms with Crippen molar-refractivity contribution in [2.45, 2.75) is 25.8 Å². The van der Waals surface area contributed by atoms with Crippen LogP contribution in [0, 0.1) is 5.82 Å². The van der Waals surface area contributed by atoms with Crippen LogP contribution in [0.5, 0.6) is 0 Å². The van der Waals surface area contributed by atoms with E-state index in [1.807, 2.05) is 6.07 Å². The van der Waals surface area contributed by atoms with Gasteiger partial charge in [0.25, 0.3) is 0 Å². The van der Waals surface area contributed by atoms with E-state index in [1.54, 1.807) is 6.07 Å². The van der Waals surface area contributed by atoms with Gasteiger partial charge in [0.2, 0.25) is 0 Å². The van der Waals surface area contributed by atoms with E-state index in [2.05, 4.69) is 11.8 Å². The monoisotopic (exact) mass is 208 g/mol. The van der Waals surface area contributed by atoms with Crippen LogP contribution >= 0.6 is 0 Å². The largest absolute Gasteiger partial charge is 0.369 e. The van der Waals surface area contributed by atoms with Crippen LogP contribution in [0.15, 0.2) is 18.2 Å². The number of fused-ring (bicyclic) bond motifs is 1. The molecule has 1 heterocycles. The number of benzene rings is 1. The lowest BCUT2D eigenvalue weighted by molar-refractivity contribution is 0.617. The molecule has 2 N–H and O–H groups in total. The van der Waals surface area contributed by atoms with E-state index in [0.29, 0.717) is 0 Å². The average molecular weight is 208 g/mol. The Kier molecular flexibility index (Phi) is 2.91. The molecule has 2 rings (SSSR count). The standard InChI is InChI=1S/C12H17FN2/c1-2-11(14)8-15-6-5-9-3-4-10(13)7-12(9)15/h3-4,7,11H,2,5-6,8,14H2,1H3. The lowest BCUT2D eigenvalue weighted by atomic mass is 10.1. The highest BCUT2D eigenvalue weighted by Crippen LogP contribution is 2.28. The lowest BCUT2D eigenvalue weighted by Crippen LogP contribution is -2.36. The zero-order chi connectivity index (χ0) is 10.8. The molecule has 0 fully saturated rings. The van der Waals surface area contributed by atoms with Crippen molar-refractivity contribution < 1.29 is 4.39 Å². The van der Waals surface area contributed by atoms with Crippen molar-refractivity contribution in [3.8, 4) is 0 Å². The molecule has 1 aliphatic heterocycles. The fraction of sp³-hybridized carbons (Fsp3) is 0.500. The molecule has 1 aliphatic rings. The first-order valence-corrected chi connectivity index (χ1v) is 5.49. The fourth-order valence-electron chi connectivity index (χ4n) is 2.02. The van der Waals surface area contributed by atoms with Gasteiger partial charge >= 0.3 is 0 Å². The van der Waals surface area contributed by atoms with Crippen molar-refractivity contribution in [1.82, 2.24) is 0 Å². The highest BCUT2D eigenvalue weighted by molar-refractivity contribution is 5.58. The van der Waals surface area contributed by atoms with E-state index < -0.39 is 0 Å². The lowest BCUT2D eigenvalue weighted by Gasteiger charge is -2.22. The Hall–Kier alpha value is -1.09. The molecular weight excluding hydrogens is 191 g/mol. The molecule has 3 heteroatoms. The van der Waals surface area contributed by atoms with Crippen LogP contribution in [-0.2, 0) is 6.42 Å². The molecule has 0 amide bonds. The number of rotatable bonds is 3. The molecule has 0 aliphatic carbocycles. The zero-order valence-corrected chi connectivity index (χ0v) is 9.04. The molecule has 0 radical (unpaired) electrons. The highest BCUT2D eigenvalue weighted by atomic mass is 19.1. The van der Waals surface area contributed by atoms with Gasteiger partial charge in [0.15, 0.2) is 0 Å². The van der Waals surface area contributed by atoms with Crippen LogP contribution in [0.2, 0.25) is 0 Å². The second kappa shape index (κ2) is 4.19. The predicted molar refractivity (Wildman–Crippen MR) is 60.6 cm³/mol. The van der Waals surface area contributed by atoms with E-state index in [0.717, 1.165) is 31.6 Å². The van der Waals surface area contributed by atoms with Crippen molar-refractivity contribution >= 4 is 5.69 Å². The van der Waals surface area contributed by atoms with Crippen LogP contribution in [0.4, 0.5) is 10.1 Å². The Morgan fingerprint density at radius 1 is 1.53 bits per heavy atom. The third kappa shape index (κ3) is 2.12. The highest BCUT2D eigenvalue weighted by Gasteiger charge is 2.20. The first kappa shape index (κ1) is 10.4. The first-order valence-electron chi connectivity index (χ1n) is 5.49. The van der Waals surface area contributed by atoms with E-state index in [-0.39, 0.29) is 11.9 Å². The summed E-state index contributed by atoms with van der Waals surface area (Å²) < 4.78 is 13.1. The molecular formula is C12H17FN2. The summed E-state index contributed by atoms with van der Waals surface area (Å²) in [6.07, 6.45) is 1.97. The van der Waals surface area contributed by atoms with E-state index in [1.165, 1.54) is 11.6 Å². The molecule has 1 unspecified atom stereocenters. The number of nitrogens with two attached hydrogens (primary N) is 1. The van der Waals surface area contributed by atoms with Crippen LogP contribution in [-0.4, -0.2) is 19.1 Å². The van der Waals surface area contributed by atoms with Crippen LogP contribution < -0.4 is 10.6 Å². The Morgan fingerprint density at radius 3 is 3.07 bits per heavy atom. The van der Waals surface area contributed by atoms with Crippen molar-refractivity contribution in [1.29, 1.82) is 0 Å². The molecule has 0 spiro atoms. The SMILES string of the molecule is CCC(N)CN1CCc2ccc(F)cc21. The zero-order valence-electron chi connectivity index (χ0n) is 9.04. The summed E-state index contributed by atoms with van der Waals surface area (Å²) in [5, 5.41) is 0. The third-order valence-corrected chi connectivity index (χ3v) is 3.02. The molecule has 1 aromatic carbocycles. The van der Waals surface area contributed by atoms with E-state index in [4.69, 9.17) is 5.73 Å². The van der Waals surface area contributed by atoms with Crippen molar-refractivity contribution in [2.75, 3.05) is 18.0 Å². The van der Waals surface area contributed by atoms with Gasteiger partial charge in [-0.25, -0.2) is 4.39 Å². The second-order valence-corrected chi connectivity index (χ2v) is 4.14. The van der Waals surface area contributed by atoms with Gasteiger partial charge in [0.1, 0.15) is 5.82 Å². The Morgan fingerprint density at radius 2 is 2.33 bits per heavy atom. The molecule has 1 aromatic rings. The second-order valence-electron chi connectivity index (χ2n) is 4.14. The smallest absolute Gasteiger partial charge is 0.125 e. The summed E-state index contributed by atoms with van der Waals surface area (Å²) in [4.78, 5) is 2.19. The minimum atomic E-state index is -0.161. The molecule has 0 aromatic heterocycles. The van der Waals surface area contributed by atoms with Gasteiger partial charge in [-0.2, -0.15) is 0 Å². The minimum absolute atomic E-state index is 0.161. The summed E-state index contributed by atoms with van der Waals surface area (Å²) >= 11 is 0. The van der Waals surface area contributed by atoms with Gasteiger partial charge in [0, 0.05) is 24.8 Å². The Balaban J connectivity index is 2.16. The number of hydrogen-bond acceptors (Lipinski definition) is 2. The van der Waals surface area contributed by atoms with Gasteiger partial charge in [-0.1, -0.05) is 13.0 Å². The first-order chi connectivity index (χ1) is 7.20. The van der Waals surface area contributed by atoms with Gasteiger partial charge in [-0.05, 0) is 30.5 Å². The third-order valence-electron chi connectivity index (χ3n) is 3.02. The quantitative estimate of drug-likeness (QED) is 0.822. The maximum Gasteiger partial charge on any atom is 0.125 e. The molecule has 0 saturated carbocycles. The maximum absolute atomic E-state index is 13.1. The molecule has 0 saturated heterocycles. The molecule has 82 valence electrons. The minimum Gasteiger partial charge on any atom is -0.369 e. The topological polar surface area (TPSA) is 29.3 Å². The molecule has 15 heavy (non-hydrogen) atoms. The number of anilines is 1. The van der Waals surface area contributed by atoms with E-state index >= 15 is 0 Å². The van der Waals surface area contributed by atoms with Crippen LogP contribution in [0.25, 0.3) is 0 Å². The maximum atomic E-state index is 13.1. The van der Waals surface area contributed by atoms with Crippen LogP contribution in [0.3, 0.4) is 0 Å². The van der Waals surface area contributed by atoms with Crippen LogP contribution in [0.1, 0.15) is 18.9 Å². The number of halogens is 1. The normalized spacial score (nSPS) is 16.6. The van der Waals surface area contributed by atoms with Crippen molar-refractivity contribution in [3.05, 3.63) is 29.6 Å². The van der Waals surface area contributed by atoms with Gasteiger partial charge in [0.05, 0.1) is 0 Å². The predicted octanol–water partition coefficient (Wildman–Crippen LogP) is 1.93. The molecule has 1 atom stereocenters. The number of nitrogens with zero attached hydrogens (tertiary/aromatic N) is 1. The fourth-order valence-corrected chi connectivity index (χ4v) is 2.02. The van der Waals surface area contributed by atoms with Crippen molar-refractivity contribution in [2.24, 2.45) is 5.73 Å². The van der Waals surface area contributed by atoms with Gasteiger partial charge in [-0.15, -0.1) is 0 Å². The van der Waals surface area contributed by atoms with Gasteiger partial charge in [-0.3, -0.25) is 0 Å². The summed E-state index contributed by atoms with van der Waals surface area (Å²) in [6, 6.07) is 5.20. The van der Waals surface area contributed by atoms with E-state index in [9.17, 15) is 4.39 Å². The summed E-state index contributed by atoms with van der Waals surface area (Å²) in [5.74, 6) is -0.161. The Bertz CT molecular complexity index is 351. The average Bonchev–Trinajstić information content (AvgIpc) is 2.61. The number of hydrogen-bond donors (Lipinski definition) is 1.